The lowest BCUT2D eigenvalue weighted by Crippen LogP contribution is -2.29. The molecule has 1 amide bonds. The Labute approximate surface area is 129 Å². The van der Waals surface area contributed by atoms with Crippen molar-refractivity contribution in [1.82, 2.24) is 4.98 Å². The second kappa shape index (κ2) is 5.29. The molecule has 6 heteroatoms. The van der Waals surface area contributed by atoms with Gasteiger partial charge in [-0.25, -0.2) is 9.78 Å². The molecule has 1 N–H and O–H groups in total. The first kappa shape index (κ1) is 13.8. The lowest BCUT2D eigenvalue weighted by molar-refractivity contribution is 0.0696. The number of carbonyl (C=O) groups is 2. The summed E-state index contributed by atoms with van der Waals surface area (Å²) in [6, 6.07) is 8.27. The molecule has 0 saturated heterocycles. The van der Waals surface area contributed by atoms with Gasteiger partial charge in [-0.15, -0.1) is 0 Å². The summed E-state index contributed by atoms with van der Waals surface area (Å²) in [5.41, 5.74) is 2.29. The van der Waals surface area contributed by atoms with Crippen LogP contribution in [0.15, 0.2) is 41.1 Å². The van der Waals surface area contributed by atoms with Gasteiger partial charge >= 0.3 is 5.97 Å². The quantitative estimate of drug-likeness (QED) is 0.848. The van der Waals surface area contributed by atoms with Crippen molar-refractivity contribution < 1.29 is 14.7 Å². The van der Waals surface area contributed by atoms with Crippen LogP contribution in [0.4, 0.5) is 5.69 Å². The topological polar surface area (TPSA) is 70.5 Å². The van der Waals surface area contributed by atoms with Gasteiger partial charge in [0.1, 0.15) is 4.60 Å². The van der Waals surface area contributed by atoms with Crippen LogP contribution in [-0.2, 0) is 6.42 Å². The number of halogens is 1. The van der Waals surface area contributed by atoms with Crippen molar-refractivity contribution in [2.45, 2.75) is 6.42 Å². The predicted octanol–water partition coefficient (Wildman–Crippen LogP) is 2.75. The number of benzene rings is 1. The van der Waals surface area contributed by atoms with Crippen LogP contribution in [0.5, 0.6) is 0 Å². The molecule has 1 aliphatic heterocycles. The van der Waals surface area contributed by atoms with E-state index < -0.39 is 5.97 Å². The highest BCUT2D eigenvalue weighted by atomic mass is 79.9. The fraction of sp³-hybridized carbons (Fsp3) is 0.133. The third kappa shape index (κ3) is 2.42. The Morgan fingerprint density at radius 3 is 2.81 bits per heavy atom. The number of hydrogen-bond donors (Lipinski definition) is 1. The van der Waals surface area contributed by atoms with Gasteiger partial charge in [0.2, 0.25) is 0 Å². The minimum Gasteiger partial charge on any atom is -0.478 e. The average Bonchev–Trinajstić information content (AvgIpc) is 2.90. The standard InChI is InChI=1S/C15H11BrN2O3/c16-13-11(2-1-6-17-13)14(19)18-7-5-9-3-4-10(15(20)21)8-12(9)18/h1-4,6,8H,5,7H2,(H,20,21). The van der Waals surface area contributed by atoms with Gasteiger partial charge in [0.05, 0.1) is 11.1 Å². The molecule has 2 heterocycles. The van der Waals surface area contributed by atoms with E-state index in [1.54, 1.807) is 41.4 Å². The first-order chi connectivity index (χ1) is 10.1. The molecule has 3 rings (SSSR count). The van der Waals surface area contributed by atoms with Crippen molar-refractivity contribution in [2.24, 2.45) is 0 Å². The number of carbonyl (C=O) groups excluding carboxylic acids is 1. The zero-order chi connectivity index (χ0) is 15.0. The number of pyridine rings is 1. The third-order valence-electron chi connectivity index (χ3n) is 3.46. The minimum atomic E-state index is -1.00. The molecule has 0 unspecified atom stereocenters. The Hall–Kier alpha value is -2.21. The molecule has 0 atom stereocenters. The van der Waals surface area contributed by atoms with E-state index in [4.69, 9.17) is 5.11 Å². The number of amides is 1. The largest absolute Gasteiger partial charge is 0.478 e. The molecule has 0 bridgehead atoms. The molecule has 5 nitrogen and oxygen atoms in total. The molecule has 0 spiro atoms. The molecule has 21 heavy (non-hydrogen) atoms. The number of carboxylic acid groups (broad SMARTS) is 1. The Morgan fingerprint density at radius 1 is 1.29 bits per heavy atom. The van der Waals surface area contributed by atoms with E-state index in [2.05, 4.69) is 20.9 Å². The summed E-state index contributed by atoms with van der Waals surface area (Å²) in [7, 11) is 0. The summed E-state index contributed by atoms with van der Waals surface area (Å²) in [5.74, 6) is -1.18. The van der Waals surface area contributed by atoms with Crippen LogP contribution >= 0.6 is 15.9 Å². The minimum absolute atomic E-state index is 0.179. The summed E-state index contributed by atoms with van der Waals surface area (Å²) >= 11 is 3.27. The van der Waals surface area contributed by atoms with E-state index in [1.165, 1.54) is 0 Å². The van der Waals surface area contributed by atoms with Crippen LogP contribution in [0.2, 0.25) is 0 Å². The number of aromatic nitrogens is 1. The highest BCUT2D eigenvalue weighted by molar-refractivity contribution is 9.10. The van der Waals surface area contributed by atoms with Crippen LogP contribution in [0.3, 0.4) is 0 Å². The zero-order valence-electron chi connectivity index (χ0n) is 10.9. The molecule has 0 radical (unpaired) electrons. The van der Waals surface area contributed by atoms with Gasteiger partial charge in [-0.2, -0.15) is 0 Å². The molecule has 0 aliphatic carbocycles. The highest BCUT2D eigenvalue weighted by Gasteiger charge is 2.27. The maximum absolute atomic E-state index is 12.6. The Kier molecular flexibility index (Phi) is 3.47. The molecule has 1 aromatic carbocycles. The zero-order valence-corrected chi connectivity index (χ0v) is 12.5. The van der Waals surface area contributed by atoms with E-state index in [9.17, 15) is 9.59 Å². The number of fused-ring (bicyclic) bond motifs is 1. The Balaban J connectivity index is 2.01. The number of aromatic carboxylic acids is 1. The summed E-state index contributed by atoms with van der Waals surface area (Å²) in [5, 5.41) is 9.08. The van der Waals surface area contributed by atoms with Gasteiger partial charge in [-0.3, -0.25) is 4.79 Å². The number of nitrogens with zero attached hydrogens (tertiary/aromatic N) is 2. The van der Waals surface area contributed by atoms with Crippen molar-refractivity contribution in [3.05, 3.63) is 57.8 Å². The number of anilines is 1. The first-order valence-electron chi connectivity index (χ1n) is 6.36. The predicted molar refractivity (Wildman–Crippen MR) is 80.7 cm³/mol. The van der Waals surface area contributed by atoms with E-state index in [-0.39, 0.29) is 11.5 Å². The van der Waals surface area contributed by atoms with E-state index in [0.29, 0.717) is 22.4 Å². The lowest BCUT2D eigenvalue weighted by Gasteiger charge is -2.18. The lowest BCUT2D eigenvalue weighted by atomic mass is 10.1. The van der Waals surface area contributed by atoms with Crippen molar-refractivity contribution in [3.63, 3.8) is 0 Å². The van der Waals surface area contributed by atoms with Crippen molar-refractivity contribution in [3.8, 4) is 0 Å². The molecule has 0 saturated carbocycles. The second-order valence-electron chi connectivity index (χ2n) is 4.70. The SMILES string of the molecule is O=C(O)c1ccc2c(c1)N(C(=O)c1cccnc1Br)CC2. The van der Waals surface area contributed by atoms with E-state index in [0.717, 1.165) is 12.0 Å². The van der Waals surface area contributed by atoms with Crippen LogP contribution < -0.4 is 4.90 Å². The van der Waals surface area contributed by atoms with Gasteiger partial charge in [-0.05, 0) is 52.2 Å². The summed E-state index contributed by atoms with van der Waals surface area (Å²) in [4.78, 5) is 29.3. The van der Waals surface area contributed by atoms with Crippen LogP contribution in [0, 0.1) is 0 Å². The van der Waals surface area contributed by atoms with E-state index in [1.807, 2.05) is 0 Å². The van der Waals surface area contributed by atoms with Crippen LogP contribution in [0.1, 0.15) is 26.3 Å². The molecule has 0 fully saturated rings. The second-order valence-corrected chi connectivity index (χ2v) is 5.45. The average molecular weight is 347 g/mol. The molecule has 2 aromatic rings. The van der Waals surface area contributed by atoms with Crippen LogP contribution in [-0.4, -0.2) is 28.5 Å². The molecular formula is C15H11BrN2O3. The van der Waals surface area contributed by atoms with Gasteiger partial charge in [-0.1, -0.05) is 6.07 Å². The monoisotopic (exact) mass is 346 g/mol. The highest BCUT2D eigenvalue weighted by Crippen LogP contribution is 2.31. The molecule has 106 valence electrons. The fourth-order valence-corrected chi connectivity index (χ4v) is 2.83. The van der Waals surface area contributed by atoms with Crippen LogP contribution in [0.25, 0.3) is 0 Å². The normalized spacial score (nSPS) is 13.1. The van der Waals surface area contributed by atoms with E-state index >= 15 is 0 Å². The maximum Gasteiger partial charge on any atom is 0.335 e. The molecule has 1 aliphatic rings. The van der Waals surface area contributed by atoms with Gasteiger partial charge in [0.15, 0.2) is 0 Å². The van der Waals surface area contributed by atoms with Crippen molar-refractivity contribution in [2.75, 3.05) is 11.4 Å². The van der Waals surface area contributed by atoms with Gasteiger partial charge < -0.3 is 10.0 Å². The summed E-state index contributed by atoms with van der Waals surface area (Å²) < 4.78 is 0.484. The third-order valence-corrected chi connectivity index (χ3v) is 4.09. The van der Waals surface area contributed by atoms with Gasteiger partial charge in [0.25, 0.3) is 5.91 Å². The van der Waals surface area contributed by atoms with Crippen molar-refractivity contribution in [1.29, 1.82) is 0 Å². The Bertz CT molecular complexity index is 745. The number of rotatable bonds is 2. The Morgan fingerprint density at radius 2 is 2.10 bits per heavy atom. The van der Waals surface area contributed by atoms with Crippen molar-refractivity contribution >= 4 is 33.5 Å². The number of hydrogen-bond acceptors (Lipinski definition) is 3. The fourth-order valence-electron chi connectivity index (χ4n) is 2.41. The first-order valence-corrected chi connectivity index (χ1v) is 7.16. The molecular weight excluding hydrogens is 336 g/mol. The summed E-state index contributed by atoms with van der Waals surface area (Å²) in [6.07, 6.45) is 2.32. The summed E-state index contributed by atoms with van der Waals surface area (Å²) in [6.45, 7) is 0.540. The smallest absolute Gasteiger partial charge is 0.335 e. The maximum atomic E-state index is 12.6. The number of carboxylic acids is 1. The molecule has 1 aromatic heterocycles. The van der Waals surface area contributed by atoms with Gasteiger partial charge in [0, 0.05) is 18.4 Å².